The zero-order valence-electron chi connectivity index (χ0n) is 14.6. The maximum atomic E-state index is 12.7. The van der Waals surface area contributed by atoms with E-state index in [1.807, 2.05) is 4.90 Å². The minimum atomic E-state index is -3.70. The number of nitro groups is 1. The van der Waals surface area contributed by atoms with Crippen molar-refractivity contribution in [2.45, 2.75) is 24.7 Å². The molecule has 0 spiro atoms. The zero-order valence-corrected chi connectivity index (χ0v) is 15.4. The lowest BCUT2D eigenvalue weighted by Gasteiger charge is -2.35. The van der Waals surface area contributed by atoms with Gasteiger partial charge in [-0.25, -0.2) is 8.42 Å². The number of anilines is 1. The second-order valence-corrected chi connectivity index (χ2v) is 8.45. The van der Waals surface area contributed by atoms with Crippen LogP contribution in [0.3, 0.4) is 0 Å². The van der Waals surface area contributed by atoms with Crippen molar-refractivity contribution >= 4 is 27.3 Å². The van der Waals surface area contributed by atoms with Gasteiger partial charge >= 0.3 is 0 Å². The van der Waals surface area contributed by atoms with E-state index < -0.39 is 14.9 Å². The lowest BCUT2D eigenvalue weighted by Crippen LogP contribution is -2.48. The van der Waals surface area contributed by atoms with Crippen LogP contribution in [0.25, 0.3) is 0 Å². The Labute approximate surface area is 152 Å². The molecule has 0 radical (unpaired) electrons. The van der Waals surface area contributed by atoms with Crippen LogP contribution in [0.15, 0.2) is 23.1 Å². The van der Waals surface area contributed by atoms with Crippen molar-refractivity contribution in [1.82, 2.24) is 9.21 Å². The van der Waals surface area contributed by atoms with Gasteiger partial charge < -0.3 is 9.80 Å². The van der Waals surface area contributed by atoms with Crippen LogP contribution in [-0.4, -0.2) is 67.7 Å². The van der Waals surface area contributed by atoms with E-state index in [9.17, 15) is 23.3 Å². The third kappa shape index (κ3) is 3.51. The van der Waals surface area contributed by atoms with E-state index in [-0.39, 0.29) is 16.5 Å². The molecular formula is C16H22N4O5S. The fourth-order valence-electron chi connectivity index (χ4n) is 3.42. The number of carbonyl (C=O) groups excluding carboxylic acids is 1. The molecule has 2 aliphatic heterocycles. The smallest absolute Gasteiger partial charge is 0.293 e. The highest BCUT2D eigenvalue weighted by molar-refractivity contribution is 7.89. The highest BCUT2D eigenvalue weighted by Crippen LogP contribution is 2.33. The largest absolute Gasteiger partial charge is 0.362 e. The molecule has 9 nitrogen and oxygen atoms in total. The fraction of sp³-hybridized carbons (Fsp3) is 0.562. The molecule has 142 valence electrons. The van der Waals surface area contributed by atoms with Crippen molar-refractivity contribution < 1.29 is 18.1 Å². The molecule has 1 aromatic rings. The topological polar surface area (TPSA) is 104 Å². The number of hydrogen-bond acceptors (Lipinski definition) is 6. The van der Waals surface area contributed by atoms with Gasteiger partial charge in [-0.3, -0.25) is 14.9 Å². The van der Waals surface area contributed by atoms with Crippen LogP contribution in [0.4, 0.5) is 11.4 Å². The highest BCUT2D eigenvalue weighted by atomic mass is 32.2. The van der Waals surface area contributed by atoms with Crippen molar-refractivity contribution in [3.05, 3.63) is 28.3 Å². The third-order valence-electron chi connectivity index (χ3n) is 4.91. The van der Waals surface area contributed by atoms with E-state index in [4.69, 9.17) is 0 Å². The first-order chi connectivity index (χ1) is 12.3. The van der Waals surface area contributed by atoms with E-state index in [0.29, 0.717) is 45.0 Å². The molecule has 1 aromatic carbocycles. The van der Waals surface area contributed by atoms with E-state index in [0.717, 1.165) is 18.9 Å². The molecule has 3 rings (SSSR count). The predicted molar refractivity (Wildman–Crippen MR) is 95.6 cm³/mol. The van der Waals surface area contributed by atoms with Crippen LogP contribution in [0.1, 0.15) is 19.8 Å². The summed E-state index contributed by atoms with van der Waals surface area (Å²) in [4.78, 5) is 25.9. The quantitative estimate of drug-likeness (QED) is 0.569. The summed E-state index contributed by atoms with van der Waals surface area (Å²) in [6, 6.07) is 4.10. The van der Waals surface area contributed by atoms with Gasteiger partial charge in [0.15, 0.2) is 0 Å². The van der Waals surface area contributed by atoms with E-state index >= 15 is 0 Å². The average Bonchev–Trinajstić information content (AvgIpc) is 3.16. The third-order valence-corrected chi connectivity index (χ3v) is 6.81. The van der Waals surface area contributed by atoms with Gasteiger partial charge in [-0.1, -0.05) is 0 Å². The number of sulfonamides is 1. The standard InChI is InChI=1S/C16H22N4O5S/c1-13(21)17-8-10-18(11-9-17)15-5-4-14(12-16(15)20(22)23)26(24,25)19-6-2-3-7-19/h4-5,12H,2-3,6-11H2,1H3. The number of rotatable bonds is 4. The first-order valence-electron chi connectivity index (χ1n) is 8.60. The number of amides is 1. The van der Waals surface area contributed by atoms with Gasteiger partial charge in [0.1, 0.15) is 5.69 Å². The Hall–Kier alpha value is -2.20. The van der Waals surface area contributed by atoms with Gasteiger partial charge in [-0.15, -0.1) is 0 Å². The number of carbonyl (C=O) groups is 1. The highest BCUT2D eigenvalue weighted by Gasteiger charge is 2.31. The van der Waals surface area contributed by atoms with Crippen molar-refractivity contribution in [1.29, 1.82) is 0 Å². The minimum Gasteiger partial charge on any atom is -0.362 e. The van der Waals surface area contributed by atoms with Crippen molar-refractivity contribution in [3.63, 3.8) is 0 Å². The van der Waals surface area contributed by atoms with Crippen molar-refractivity contribution in [2.24, 2.45) is 0 Å². The maximum absolute atomic E-state index is 12.7. The minimum absolute atomic E-state index is 0.0220. The molecule has 26 heavy (non-hydrogen) atoms. The fourth-order valence-corrected chi connectivity index (χ4v) is 4.95. The number of hydrogen-bond donors (Lipinski definition) is 0. The van der Waals surface area contributed by atoms with Crippen LogP contribution in [0.2, 0.25) is 0 Å². The summed E-state index contributed by atoms with van der Waals surface area (Å²) in [5.41, 5.74) is 0.167. The Bertz CT molecular complexity index is 812. The van der Waals surface area contributed by atoms with E-state index in [2.05, 4.69) is 0 Å². The lowest BCUT2D eigenvalue weighted by molar-refractivity contribution is -0.384. The molecule has 0 saturated carbocycles. The first-order valence-corrected chi connectivity index (χ1v) is 10.0. The summed E-state index contributed by atoms with van der Waals surface area (Å²) >= 11 is 0. The molecule has 0 unspecified atom stereocenters. The van der Waals surface area contributed by atoms with Crippen molar-refractivity contribution in [3.8, 4) is 0 Å². The Morgan fingerprint density at radius 2 is 1.69 bits per heavy atom. The van der Waals surface area contributed by atoms with Crippen molar-refractivity contribution in [2.75, 3.05) is 44.2 Å². The van der Waals surface area contributed by atoms with Gasteiger partial charge in [-0.2, -0.15) is 4.31 Å². The Morgan fingerprint density at radius 3 is 2.23 bits per heavy atom. The Kier molecular flexibility index (Phi) is 5.15. The van der Waals surface area contributed by atoms with Gasteiger partial charge in [0, 0.05) is 52.3 Å². The van der Waals surface area contributed by atoms with Crippen LogP contribution < -0.4 is 4.90 Å². The van der Waals surface area contributed by atoms with Gasteiger partial charge in [0.25, 0.3) is 5.69 Å². The SMILES string of the molecule is CC(=O)N1CCN(c2ccc(S(=O)(=O)N3CCCC3)cc2[N+](=O)[O-])CC1. The number of nitro benzene ring substituents is 1. The number of piperazine rings is 1. The molecule has 0 aromatic heterocycles. The molecule has 0 N–H and O–H groups in total. The molecule has 10 heteroatoms. The molecular weight excluding hydrogens is 360 g/mol. The molecule has 0 aliphatic carbocycles. The second kappa shape index (κ2) is 7.20. The first kappa shape index (κ1) is 18.6. The molecule has 0 atom stereocenters. The van der Waals surface area contributed by atoms with Crippen LogP contribution in [0.5, 0.6) is 0 Å². The zero-order chi connectivity index (χ0) is 18.9. The summed E-state index contributed by atoms with van der Waals surface area (Å²) in [5.74, 6) is -0.0220. The van der Waals surface area contributed by atoms with Crippen LogP contribution >= 0.6 is 0 Å². The van der Waals surface area contributed by atoms with E-state index in [1.165, 1.54) is 23.4 Å². The average molecular weight is 382 g/mol. The van der Waals surface area contributed by atoms with Crippen LogP contribution in [0, 0.1) is 10.1 Å². The summed E-state index contributed by atoms with van der Waals surface area (Å²) in [6.07, 6.45) is 1.61. The molecule has 0 bridgehead atoms. The maximum Gasteiger partial charge on any atom is 0.293 e. The Balaban J connectivity index is 1.88. The van der Waals surface area contributed by atoms with E-state index in [1.54, 1.807) is 4.90 Å². The predicted octanol–water partition coefficient (Wildman–Crippen LogP) is 1.05. The molecule has 2 aliphatic rings. The Morgan fingerprint density at radius 1 is 1.08 bits per heavy atom. The lowest BCUT2D eigenvalue weighted by atomic mass is 10.2. The summed E-state index contributed by atoms with van der Waals surface area (Å²) in [7, 11) is -3.70. The van der Waals surface area contributed by atoms with Crippen LogP contribution in [-0.2, 0) is 14.8 Å². The summed E-state index contributed by atoms with van der Waals surface area (Å²) < 4.78 is 26.7. The number of nitrogens with zero attached hydrogens (tertiary/aromatic N) is 4. The summed E-state index contributed by atoms with van der Waals surface area (Å²) in [5, 5.41) is 11.5. The van der Waals surface area contributed by atoms with Gasteiger partial charge in [0.2, 0.25) is 15.9 Å². The summed E-state index contributed by atoms with van der Waals surface area (Å²) in [6.45, 7) is 4.31. The molecule has 2 heterocycles. The monoisotopic (exact) mass is 382 g/mol. The molecule has 1 amide bonds. The molecule has 2 saturated heterocycles. The number of benzene rings is 1. The second-order valence-electron chi connectivity index (χ2n) is 6.51. The van der Waals surface area contributed by atoms with Gasteiger partial charge in [-0.05, 0) is 25.0 Å². The molecule has 2 fully saturated rings. The van der Waals surface area contributed by atoms with Gasteiger partial charge in [0.05, 0.1) is 9.82 Å². The normalized spacial score (nSPS) is 19.0.